The number of carbonyl (C=O) groups excluding carboxylic acids is 2. The van der Waals surface area contributed by atoms with Crippen molar-refractivity contribution < 1.29 is 23.5 Å². The molecule has 0 saturated heterocycles. The minimum atomic E-state index is -0.417. The Balaban J connectivity index is 1.55. The van der Waals surface area contributed by atoms with Crippen LogP contribution in [0, 0.1) is 13.8 Å². The van der Waals surface area contributed by atoms with Gasteiger partial charge in [-0.3, -0.25) is 14.9 Å². The van der Waals surface area contributed by atoms with Crippen molar-refractivity contribution in [1.29, 1.82) is 0 Å². The Hall–Kier alpha value is -3.13. The summed E-state index contributed by atoms with van der Waals surface area (Å²) in [5.74, 6) is 0.680. The zero-order chi connectivity index (χ0) is 20.8. The second-order valence-corrected chi connectivity index (χ2v) is 7.32. The van der Waals surface area contributed by atoms with E-state index in [2.05, 4.69) is 16.4 Å². The lowest BCUT2D eigenvalue weighted by molar-refractivity contribution is -0.142. The molecule has 0 spiro atoms. The molecule has 0 aliphatic carbocycles. The number of anilines is 1. The molecule has 0 atom stereocenters. The number of esters is 1. The van der Waals surface area contributed by atoms with Crippen molar-refractivity contribution in [2.24, 2.45) is 0 Å². The number of nitrogens with one attached hydrogen (secondary N) is 1. The molecule has 1 amide bonds. The second kappa shape index (κ2) is 9.38. The molecule has 3 aromatic rings. The van der Waals surface area contributed by atoms with Gasteiger partial charge in [0.15, 0.2) is 10.9 Å². The van der Waals surface area contributed by atoms with Gasteiger partial charge in [-0.15, -0.1) is 11.3 Å². The molecule has 0 aliphatic rings. The van der Waals surface area contributed by atoms with E-state index in [0.717, 1.165) is 16.9 Å². The molecule has 2 heterocycles. The van der Waals surface area contributed by atoms with Gasteiger partial charge in [0.1, 0.15) is 18.1 Å². The first kappa shape index (κ1) is 20.6. The van der Waals surface area contributed by atoms with E-state index in [0.29, 0.717) is 23.2 Å². The van der Waals surface area contributed by atoms with E-state index >= 15 is 0 Å². The summed E-state index contributed by atoms with van der Waals surface area (Å²) in [7, 11) is 0. The number of amides is 1. The highest BCUT2D eigenvalue weighted by molar-refractivity contribution is 7.14. The lowest BCUT2D eigenvalue weighted by Gasteiger charge is -2.06. The molecule has 8 heteroatoms. The molecule has 0 radical (unpaired) electrons. The molecule has 0 unspecified atom stereocenters. The monoisotopic (exact) mass is 414 g/mol. The van der Waals surface area contributed by atoms with Gasteiger partial charge in [0.2, 0.25) is 0 Å². The maximum atomic E-state index is 12.4. The molecule has 2 aromatic heterocycles. The van der Waals surface area contributed by atoms with E-state index in [1.54, 1.807) is 24.4 Å². The van der Waals surface area contributed by atoms with Gasteiger partial charge in [0.05, 0.1) is 18.7 Å². The summed E-state index contributed by atoms with van der Waals surface area (Å²) < 4.78 is 16.2. The molecule has 1 N–H and O–H groups in total. The smallest absolute Gasteiger partial charge is 0.311 e. The van der Waals surface area contributed by atoms with Gasteiger partial charge >= 0.3 is 5.97 Å². The van der Waals surface area contributed by atoms with E-state index in [1.807, 2.05) is 26.0 Å². The molecule has 0 aliphatic heterocycles. The molecule has 29 heavy (non-hydrogen) atoms. The second-order valence-electron chi connectivity index (χ2n) is 6.46. The minimum Gasteiger partial charge on any atom is -0.486 e. The van der Waals surface area contributed by atoms with Gasteiger partial charge in [-0.1, -0.05) is 6.07 Å². The molecule has 0 bridgehead atoms. The first-order valence-electron chi connectivity index (χ1n) is 9.14. The van der Waals surface area contributed by atoms with E-state index in [4.69, 9.17) is 13.9 Å². The van der Waals surface area contributed by atoms with Crippen molar-refractivity contribution in [1.82, 2.24) is 4.98 Å². The van der Waals surface area contributed by atoms with Crippen LogP contribution in [0.15, 0.2) is 40.1 Å². The van der Waals surface area contributed by atoms with Crippen molar-refractivity contribution in [3.63, 3.8) is 0 Å². The molecule has 0 fully saturated rings. The largest absolute Gasteiger partial charge is 0.486 e. The van der Waals surface area contributed by atoms with Crippen LogP contribution >= 0.6 is 11.3 Å². The van der Waals surface area contributed by atoms with Crippen LogP contribution in [0.2, 0.25) is 0 Å². The van der Waals surface area contributed by atoms with Crippen LogP contribution in [-0.4, -0.2) is 23.5 Å². The number of aromatic nitrogens is 1. The first-order chi connectivity index (χ1) is 13.9. The number of hydrogen-bond donors (Lipinski definition) is 1. The predicted molar refractivity (Wildman–Crippen MR) is 109 cm³/mol. The Morgan fingerprint density at radius 1 is 1.17 bits per heavy atom. The maximum Gasteiger partial charge on any atom is 0.311 e. The standard InChI is InChI=1S/C21H22N2O5S/c1-4-26-19(24)10-15-12-29-21(22-15)23-20(25)18-6-5-16(28-18)11-27-17-8-13(2)7-14(3)9-17/h5-9,12H,4,10-11H2,1-3H3,(H,22,23,25). The van der Waals surface area contributed by atoms with Gasteiger partial charge in [0.25, 0.3) is 5.91 Å². The van der Waals surface area contributed by atoms with Crippen LogP contribution in [0.3, 0.4) is 0 Å². The van der Waals surface area contributed by atoms with Crippen molar-refractivity contribution >= 4 is 28.3 Å². The van der Waals surface area contributed by atoms with Crippen LogP contribution in [0.4, 0.5) is 5.13 Å². The number of furan rings is 1. The first-order valence-corrected chi connectivity index (χ1v) is 10.0. The molecule has 1 aromatic carbocycles. The molecular weight excluding hydrogens is 392 g/mol. The number of thiazole rings is 1. The lowest BCUT2D eigenvalue weighted by atomic mass is 10.1. The topological polar surface area (TPSA) is 90.7 Å². The third kappa shape index (κ3) is 5.92. The summed E-state index contributed by atoms with van der Waals surface area (Å²) in [6.45, 7) is 6.30. The Morgan fingerprint density at radius 3 is 2.66 bits per heavy atom. The fourth-order valence-corrected chi connectivity index (χ4v) is 3.42. The average Bonchev–Trinajstić information content (AvgIpc) is 3.29. The SMILES string of the molecule is CCOC(=O)Cc1csc(NC(=O)c2ccc(COc3cc(C)cc(C)c3)o2)n1. The van der Waals surface area contributed by atoms with Crippen LogP contribution < -0.4 is 10.1 Å². The summed E-state index contributed by atoms with van der Waals surface area (Å²) in [5, 5.41) is 4.76. The zero-order valence-electron chi connectivity index (χ0n) is 16.5. The van der Waals surface area contributed by atoms with Gasteiger partial charge in [-0.25, -0.2) is 4.98 Å². The number of rotatable bonds is 8. The molecular formula is C21H22N2O5S. The Labute approximate surface area is 172 Å². The highest BCUT2D eigenvalue weighted by Gasteiger charge is 2.15. The summed E-state index contributed by atoms with van der Waals surface area (Å²) in [5.41, 5.74) is 2.78. The Kier molecular flexibility index (Phi) is 6.66. The normalized spacial score (nSPS) is 10.6. The highest BCUT2D eigenvalue weighted by atomic mass is 32.1. The van der Waals surface area contributed by atoms with Crippen LogP contribution in [0.25, 0.3) is 0 Å². The quantitative estimate of drug-likeness (QED) is 0.553. The van der Waals surface area contributed by atoms with Gasteiger partial charge in [0, 0.05) is 5.38 Å². The summed E-state index contributed by atoms with van der Waals surface area (Å²) in [4.78, 5) is 28.1. The van der Waals surface area contributed by atoms with Gasteiger partial charge < -0.3 is 13.9 Å². The summed E-state index contributed by atoms with van der Waals surface area (Å²) in [6, 6.07) is 9.24. The number of ether oxygens (including phenoxy) is 2. The lowest BCUT2D eigenvalue weighted by Crippen LogP contribution is -2.11. The van der Waals surface area contributed by atoms with Crippen molar-refractivity contribution in [3.8, 4) is 5.75 Å². The number of carbonyl (C=O) groups is 2. The average molecular weight is 414 g/mol. The van der Waals surface area contributed by atoms with E-state index < -0.39 is 5.91 Å². The maximum absolute atomic E-state index is 12.4. The van der Waals surface area contributed by atoms with E-state index in [-0.39, 0.29) is 24.8 Å². The number of aryl methyl sites for hydroxylation is 2. The molecule has 0 saturated carbocycles. The molecule has 3 rings (SSSR count). The van der Waals surface area contributed by atoms with Crippen molar-refractivity contribution in [2.75, 3.05) is 11.9 Å². The minimum absolute atomic E-state index is 0.0703. The number of nitrogens with zero attached hydrogens (tertiary/aromatic N) is 1. The molecule has 152 valence electrons. The highest BCUT2D eigenvalue weighted by Crippen LogP contribution is 2.20. The van der Waals surface area contributed by atoms with Crippen molar-refractivity contribution in [2.45, 2.75) is 33.8 Å². The van der Waals surface area contributed by atoms with Crippen LogP contribution in [0.1, 0.15) is 40.1 Å². The fraction of sp³-hybridized carbons (Fsp3) is 0.286. The van der Waals surface area contributed by atoms with Crippen LogP contribution in [0.5, 0.6) is 5.75 Å². The van der Waals surface area contributed by atoms with Crippen LogP contribution in [-0.2, 0) is 22.6 Å². The Morgan fingerprint density at radius 2 is 1.93 bits per heavy atom. The van der Waals surface area contributed by atoms with Crippen molar-refractivity contribution in [3.05, 3.63) is 64.1 Å². The number of hydrogen-bond acceptors (Lipinski definition) is 7. The van der Waals surface area contributed by atoms with E-state index in [1.165, 1.54) is 11.3 Å². The third-order valence-corrected chi connectivity index (χ3v) is 4.67. The third-order valence-electron chi connectivity index (χ3n) is 3.86. The Bertz CT molecular complexity index is 988. The number of benzene rings is 1. The van der Waals surface area contributed by atoms with E-state index in [9.17, 15) is 9.59 Å². The fourth-order valence-electron chi connectivity index (χ4n) is 2.71. The predicted octanol–water partition coefficient (Wildman–Crippen LogP) is 4.29. The summed E-state index contributed by atoms with van der Waals surface area (Å²) in [6.07, 6.45) is 0.0703. The van der Waals surface area contributed by atoms with Gasteiger partial charge in [-0.2, -0.15) is 0 Å². The molecule has 7 nitrogen and oxygen atoms in total. The summed E-state index contributed by atoms with van der Waals surface area (Å²) >= 11 is 1.23. The zero-order valence-corrected chi connectivity index (χ0v) is 17.3. The van der Waals surface area contributed by atoms with Gasteiger partial charge in [-0.05, 0) is 56.2 Å².